The van der Waals surface area contributed by atoms with Crippen LogP contribution in [-0.4, -0.2) is 41.7 Å². The molecule has 0 bridgehead atoms. The highest BCUT2D eigenvalue weighted by Crippen LogP contribution is 2.18. The van der Waals surface area contributed by atoms with E-state index in [9.17, 15) is 9.59 Å². The van der Waals surface area contributed by atoms with E-state index in [1.807, 2.05) is 69.3 Å². The molecule has 0 spiro atoms. The summed E-state index contributed by atoms with van der Waals surface area (Å²) in [7, 11) is 1.64. The van der Waals surface area contributed by atoms with Crippen molar-refractivity contribution in [2.24, 2.45) is 0 Å². The van der Waals surface area contributed by atoms with Crippen molar-refractivity contribution in [3.05, 3.63) is 65.2 Å². The zero-order valence-electron chi connectivity index (χ0n) is 19.2. The van der Waals surface area contributed by atoms with Gasteiger partial charge in [0.25, 0.3) is 0 Å². The van der Waals surface area contributed by atoms with E-state index in [0.29, 0.717) is 12.3 Å². The molecule has 2 atom stereocenters. The van der Waals surface area contributed by atoms with Gasteiger partial charge in [-0.3, -0.25) is 9.59 Å². The SMILES string of the molecule is CC[C@@H](C)NC(=O)[C@H](C)N(Cc1ccc(C)cc1)C(=O)CSCc1ccc(OC)cc1. The van der Waals surface area contributed by atoms with E-state index < -0.39 is 6.04 Å². The van der Waals surface area contributed by atoms with Crippen LogP contribution >= 0.6 is 11.8 Å². The Hall–Kier alpha value is -2.47. The number of thioether (sulfide) groups is 1. The number of aryl methyl sites for hydroxylation is 1. The van der Waals surface area contributed by atoms with Crippen molar-refractivity contribution in [2.75, 3.05) is 12.9 Å². The van der Waals surface area contributed by atoms with Crippen molar-refractivity contribution in [3.63, 3.8) is 0 Å². The van der Waals surface area contributed by atoms with E-state index in [-0.39, 0.29) is 17.9 Å². The summed E-state index contributed by atoms with van der Waals surface area (Å²) in [5, 5.41) is 3.00. The number of nitrogens with one attached hydrogen (secondary N) is 1. The Bertz CT molecular complexity index is 837. The number of hydrogen-bond acceptors (Lipinski definition) is 4. The molecule has 0 heterocycles. The fourth-order valence-electron chi connectivity index (χ4n) is 3.00. The standard InChI is InChI=1S/C25H34N2O3S/c1-6-19(3)26-25(29)20(4)27(15-21-9-7-18(2)8-10-21)24(28)17-31-16-22-11-13-23(30-5)14-12-22/h7-14,19-20H,6,15-17H2,1-5H3,(H,26,29)/t19-,20+/m1/s1. The highest BCUT2D eigenvalue weighted by Gasteiger charge is 2.26. The Balaban J connectivity index is 2.04. The predicted molar refractivity (Wildman–Crippen MR) is 128 cm³/mol. The summed E-state index contributed by atoms with van der Waals surface area (Å²) in [4.78, 5) is 27.5. The van der Waals surface area contributed by atoms with E-state index in [0.717, 1.165) is 29.1 Å². The van der Waals surface area contributed by atoms with E-state index in [2.05, 4.69) is 5.32 Å². The van der Waals surface area contributed by atoms with Crippen LogP contribution in [0, 0.1) is 6.92 Å². The lowest BCUT2D eigenvalue weighted by atomic mass is 10.1. The lowest BCUT2D eigenvalue weighted by Gasteiger charge is -2.29. The topological polar surface area (TPSA) is 58.6 Å². The van der Waals surface area contributed by atoms with Crippen LogP contribution in [0.15, 0.2) is 48.5 Å². The molecular weight excluding hydrogens is 408 g/mol. The monoisotopic (exact) mass is 442 g/mol. The zero-order chi connectivity index (χ0) is 22.8. The second-order valence-corrected chi connectivity index (χ2v) is 8.83. The summed E-state index contributed by atoms with van der Waals surface area (Å²) in [6, 6.07) is 15.5. The van der Waals surface area contributed by atoms with Gasteiger partial charge in [0.1, 0.15) is 11.8 Å². The van der Waals surface area contributed by atoms with Crippen LogP contribution in [0.2, 0.25) is 0 Å². The first-order valence-electron chi connectivity index (χ1n) is 10.7. The average Bonchev–Trinajstić information content (AvgIpc) is 2.78. The average molecular weight is 443 g/mol. The summed E-state index contributed by atoms with van der Waals surface area (Å²) in [6.07, 6.45) is 0.849. The van der Waals surface area contributed by atoms with Crippen molar-refractivity contribution in [1.29, 1.82) is 0 Å². The molecule has 0 fully saturated rings. The summed E-state index contributed by atoms with van der Waals surface area (Å²) in [6.45, 7) is 8.25. The number of ether oxygens (including phenoxy) is 1. The second-order valence-electron chi connectivity index (χ2n) is 7.84. The first kappa shape index (κ1) is 24.8. The number of carbonyl (C=O) groups excluding carboxylic acids is 2. The van der Waals surface area contributed by atoms with E-state index in [4.69, 9.17) is 4.74 Å². The molecular formula is C25H34N2O3S. The molecule has 2 aromatic carbocycles. The van der Waals surface area contributed by atoms with Crippen molar-refractivity contribution in [3.8, 4) is 5.75 Å². The van der Waals surface area contributed by atoms with Gasteiger partial charge in [-0.1, -0.05) is 48.9 Å². The Morgan fingerprint density at radius 1 is 1.03 bits per heavy atom. The van der Waals surface area contributed by atoms with Crippen LogP contribution in [0.1, 0.15) is 43.9 Å². The molecule has 0 aliphatic carbocycles. The highest BCUT2D eigenvalue weighted by atomic mass is 32.2. The Morgan fingerprint density at radius 2 is 1.65 bits per heavy atom. The number of benzene rings is 2. The van der Waals surface area contributed by atoms with Gasteiger partial charge in [0.2, 0.25) is 11.8 Å². The fraction of sp³-hybridized carbons (Fsp3) is 0.440. The molecule has 6 heteroatoms. The molecule has 2 amide bonds. The molecule has 0 aliphatic heterocycles. The maximum atomic E-state index is 13.1. The third-order valence-corrected chi connectivity index (χ3v) is 6.28. The van der Waals surface area contributed by atoms with Gasteiger partial charge in [0, 0.05) is 18.3 Å². The molecule has 168 valence electrons. The molecule has 0 saturated carbocycles. The van der Waals surface area contributed by atoms with Gasteiger partial charge in [-0.05, 0) is 50.5 Å². The van der Waals surface area contributed by atoms with Gasteiger partial charge < -0.3 is 15.0 Å². The lowest BCUT2D eigenvalue weighted by Crippen LogP contribution is -2.50. The maximum Gasteiger partial charge on any atom is 0.242 e. The van der Waals surface area contributed by atoms with Gasteiger partial charge in [0.15, 0.2) is 0 Å². The van der Waals surface area contributed by atoms with Crippen LogP contribution in [0.4, 0.5) is 0 Å². The third-order valence-electron chi connectivity index (χ3n) is 5.30. The van der Waals surface area contributed by atoms with Crippen molar-refractivity contribution in [1.82, 2.24) is 10.2 Å². The third kappa shape index (κ3) is 7.94. The van der Waals surface area contributed by atoms with Crippen LogP contribution < -0.4 is 10.1 Å². The second kappa shape index (κ2) is 12.4. The first-order chi connectivity index (χ1) is 14.8. The fourth-order valence-corrected chi connectivity index (χ4v) is 3.87. The first-order valence-corrected chi connectivity index (χ1v) is 11.9. The Labute approximate surface area is 190 Å². The minimum absolute atomic E-state index is 0.0362. The van der Waals surface area contributed by atoms with E-state index >= 15 is 0 Å². The molecule has 0 aromatic heterocycles. The number of methoxy groups -OCH3 is 1. The smallest absolute Gasteiger partial charge is 0.242 e. The van der Waals surface area contributed by atoms with E-state index in [1.165, 1.54) is 5.56 Å². The van der Waals surface area contributed by atoms with Gasteiger partial charge in [-0.2, -0.15) is 0 Å². The molecule has 1 N–H and O–H groups in total. The number of rotatable bonds is 11. The minimum atomic E-state index is -0.538. The van der Waals surface area contributed by atoms with Crippen LogP contribution in [-0.2, 0) is 21.9 Å². The number of nitrogens with zero attached hydrogens (tertiary/aromatic N) is 1. The van der Waals surface area contributed by atoms with Crippen LogP contribution in [0.25, 0.3) is 0 Å². The predicted octanol–water partition coefficient (Wildman–Crippen LogP) is 4.57. The molecule has 0 radical (unpaired) electrons. The molecule has 31 heavy (non-hydrogen) atoms. The number of hydrogen-bond donors (Lipinski definition) is 1. The zero-order valence-corrected chi connectivity index (χ0v) is 20.0. The maximum absolute atomic E-state index is 13.1. The summed E-state index contributed by atoms with van der Waals surface area (Å²) in [5.41, 5.74) is 3.31. The molecule has 2 rings (SSSR count). The van der Waals surface area contributed by atoms with Crippen molar-refractivity contribution < 1.29 is 14.3 Å². The quantitative estimate of drug-likeness (QED) is 0.554. The summed E-state index contributed by atoms with van der Waals surface area (Å²) in [5.74, 6) is 1.71. The van der Waals surface area contributed by atoms with Crippen LogP contribution in [0.5, 0.6) is 5.75 Å². The van der Waals surface area contributed by atoms with Gasteiger partial charge >= 0.3 is 0 Å². The normalized spacial score (nSPS) is 12.7. The van der Waals surface area contributed by atoms with Crippen molar-refractivity contribution >= 4 is 23.6 Å². The lowest BCUT2D eigenvalue weighted by molar-refractivity contribution is -0.138. The summed E-state index contributed by atoms with van der Waals surface area (Å²) >= 11 is 1.55. The van der Waals surface area contributed by atoms with Gasteiger partial charge in [0.05, 0.1) is 12.9 Å². The molecule has 0 unspecified atom stereocenters. The van der Waals surface area contributed by atoms with E-state index in [1.54, 1.807) is 30.7 Å². The minimum Gasteiger partial charge on any atom is -0.497 e. The highest BCUT2D eigenvalue weighted by molar-refractivity contribution is 7.99. The Kier molecular flexibility index (Phi) is 9.92. The van der Waals surface area contributed by atoms with Crippen molar-refractivity contribution in [2.45, 2.75) is 58.5 Å². The molecule has 0 aliphatic rings. The van der Waals surface area contributed by atoms with Crippen LogP contribution in [0.3, 0.4) is 0 Å². The molecule has 5 nitrogen and oxygen atoms in total. The largest absolute Gasteiger partial charge is 0.497 e. The number of carbonyl (C=O) groups is 2. The van der Waals surface area contributed by atoms with Gasteiger partial charge in [-0.25, -0.2) is 0 Å². The Morgan fingerprint density at radius 3 is 2.23 bits per heavy atom. The van der Waals surface area contributed by atoms with Gasteiger partial charge in [-0.15, -0.1) is 11.8 Å². The number of amides is 2. The molecule has 0 saturated heterocycles. The molecule has 2 aromatic rings. The summed E-state index contributed by atoms with van der Waals surface area (Å²) < 4.78 is 5.19.